The molecular formula is C16H16N2O3. The summed E-state index contributed by atoms with van der Waals surface area (Å²) in [4.78, 5) is 11.8. The lowest BCUT2D eigenvalue weighted by Crippen LogP contribution is -2.17. The number of hydrogen-bond acceptors (Lipinski definition) is 4. The normalized spacial score (nSPS) is 10.4. The molecule has 2 aromatic carbocycles. The van der Waals surface area contributed by atoms with Gasteiger partial charge in [-0.1, -0.05) is 18.2 Å². The van der Waals surface area contributed by atoms with E-state index in [9.17, 15) is 4.79 Å². The van der Waals surface area contributed by atoms with E-state index >= 15 is 0 Å². The molecule has 5 heteroatoms. The molecule has 0 bridgehead atoms. The van der Waals surface area contributed by atoms with Crippen LogP contribution in [0.2, 0.25) is 0 Å². The van der Waals surface area contributed by atoms with Crippen molar-refractivity contribution < 1.29 is 14.3 Å². The van der Waals surface area contributed by atoms with Crippen LogP contribution in [0.25, 0.3) is 0 Å². The quantitative estimate of drug-likeness (QED) is 0.677. The third-order valence-corrected chi connectivity index (χ3v) is 2.85. The Morgan fingerprint density at radius 3 is 2.52 bits per heavy atom. The van der Waals surface area contributed by atoms with Crippen LogP contribution in [0.5, 0.6) is 11.5 Å². The van der Waals surface area contributed by atoms with Crippen LogP contribution in [0.1, 0.15) is 15.9 Å². The Labute approximate surface area is 123 Å². The second kappa shape index (κ2) is 7.09. The van der Waals surface area contributed by atoms with Crippen molar-refractivity contribution in [3.05, 3.63) is 59.7 Å². The van der Waals surface area contributed by atoms with Crippen LogP contribution < -0.4 is 14.9 Å². The number of hydrazone groups is 1. The second-order valence-corrected chi connectivity index (χ2v) is 4.17. The van der Waals surface area contributed by atoms with Crippen molar-refractivity contribution in [2.45, 2.75) is 0 Å². The fourth-order valence-electron chi connectivity index (χ4n) is 1.74. The van der Waals surface area contributed by atoms with Gasteiger partial charge in [-0.3, -0.25) is 4.79 Å². The van der Waals surface area contributed by atoms with Crippen LogP contribution >= 0.6 is 0 Å². The molecule has 1 amide bonds. The lowest BCUT2D eigenvalue weighted by Gasteiger charge is -2.06. The zero-order valence-electron chi connectivity index (χ0n) is 11.9. The Morgan fingerprint density at radius 2 is 1.86 bits per heavy atom. The van der Waals surface area contributed by atoms with Crippen molar-refractivity contribution in [2.75, 3.05) is 14.2 Å². The fourth-order valence-corrected chi connectivity index (χ4v) is 1.74. The van der Waals surface area contributed by atoms with E-state index in [0.29, 0.717) is 17.1 Å². The molecule has 2 rings (SSSR count). The third-order valence-electron chi connectivity index (χ3n) is 2.85. The van der Waals surface area contributed by atoms with E-state index in [1.807, 2.05) is 6.07 Å². The molecule has 0 aliphatic rings. The lowest BCUT2D eigenvalue weighted by molar-refractivity contribution is 0.0955. The summed E-state index contributed by atoms with van der Waals surface area (Å²) in [7, 11) is 3.15. The zero-order valence-corrected chi connectivity index (χ0v) is 11.9. The minimum absolute atomic E-state index is 0.265. The van der Waals surface area contributed by atoms with Gasteiger partial charge in [0.25, 0.3) is 5.91 Å². The van der Waals surface area contributed by atoms with Gasteiger partial charge in [0.2, 0.25) is 0 Å². The Morgan fingerprint density at radius 1 is 1.10 bits per heavy atom. The molecular weight excluding hydrogens is 268 g/mol. The third kappa shape index (κ3) is 3.82. The first kappa shape index (κ1) is 14.6. The number of benzene rings is 2. The first-order chi connectivity index (χ1) is 10.2. The first-order valence-electron chi connectivity index (χ1n) is 6.35. The Balaban J connectivity index is 2.06. The molecule has 0 saturated carbocycles. The minimum Gasteiger partial charge on any atom is -0.497 e. The molecule has 108 valence electrons. The Bertz CT molecular complexity index is 639. The van der Waals surface area contributed by atoms with E-state index in [1.165, 1.54) is 6.21 Å². The molecule has 0 fully saturated rings. The number of rotatable bonds is 5. The largest absolute Gasteiger partial charge is 0.497 e. The molecule has 0 atom stereocenters. The number of amides is 1. The van der Waals surface area contributed by atoms with Gasteiger partial charge in [0.15, 0.2) is 0 Å². The highest BCUT2D eigenvalue weighted by molar-refractivity contribution is 5.95. The number of nitrogens with one attached hydrogen (secondary N) is 1. The van der Waals surface area contributed by atoms with Crippen LogP contribution in [-0.4, -0.2) is 26.3 Å². The van der Waals surface area contributed by atoms with Gasteiger partial charge in [0.1, 0.15) is 11.5 Å². The van der Waals surface area contributed by atoms with Crippen molar-refractivity contribution in [2.24, 2.45) is 5.10 Å². The van der Waals surface area contributed by atoms with Gasteiger partial charge in [0.05, 0.1) is 20.4 Å². The molecule has 0 aliphatic heterocycles. The highest BCUT2D eigenvalue weighted by Crippen LogP contribution is 2.22. The van der Waals surface area contributed by atoms with Gasteiger partial charge >= 0.3 is 0 Å². The van der Waals surface area contributed by atoms with Gasteiger partial charge < -0.3 is 9.47 Å². The van der Waals surface area contributed by atoms with Crippen LogP contribution in [-0.2, 0) is 0 Å². The maximum absolute atomic E-state index is 11.8. The summed E-state index contributed by atoms with van der Waals surface area (Å²) >= 11 is 0. The van der Waals surface area contributed by atoms with Gasteiger partial charge in [-0.2, -0.15) is 5.10 Å². The monoisotopic (exact) mass is 284 g/mol. The SMILES string of the molecule is COc1ccc(/C=N/NC(=O)c2ccccc2)c(OC)c1. The lowest BCUT2D eigenvalue weighted by atomic mass is 10.2. The standard InChI is InChI=1S/C16H16N2O3/c1-20-14-9-8-13(15(10-14)21-2)11-17-18-16(19)12-6-4-3-5-7-12/h3-11H,1-2H3,(H,18,19)/b17-11+. The summed E-state index contributed by atoms with van der Waals surface area (Å²) < 4.78 is 10.4. The molecule has 0 spiro atoms. The second-order valence-electron chi connectivity index (χ2n) is 4.17. The molecule has 2 aromatic rings. The van der Waals surface area contributed by atoms with Gasteiger partial charge in [-0.15, -0.1) is 0 Å². The summed E-state index contributed by atoms with van der Waals surface area (Å²) in [5.74, 6) is 1.05. The number of methoxy groups -OCH3 is 2. The van der Waals surface area contributed by atoms with E-state index in [2.05, 4.69) is 10.5 Å². The highest BCUT2D eigenvalue weighted by atomic mass is 16.5. The molecule has 1 N–H and O–H groups in total. The van der Waals surface area contributed by atoms with Crippen LogP contribution in [0, 0.1) is 0 Å². The summed E-state index contributed by atoms with van der Waals surface area (Å²) in [5.41, 5.74) is 3.77. The van der Waals surface area contributed by atoms with Gasteiger partial charge in [0, 0.05) is 17.2 Å². The van der Waals surface area contributed by atoms with Gasteiger partial charge in [-0.05, 0) is 24.3 Å². The number of carbonyl (C=O) groups excluding carboxylic acids is 1. The molecule has 0 aromatic heterocycles. The number of nitrogens with zero attached hydrogens (tertiary/aromatic N) is 1. The van der Waals surface area contributed by atoms with E-state index in [1.54, 1.807) is 56.7 Å². The maximum atomic E-state index is 11.8. The van der Waals surface area contributed by atoms with Crippen LogP contribution in [0.4, 0.5) is 0 Å². The molecule has 0 radical (unpaired) electrons. The smallest absolute Gasteiger partial charge is 0.271 e. The first-order valence-corrected chi connectivity index (χ1v) is 6.35. The number of hydrogen-bond donors (Lipinski definition) is 1. The molecule has 0 saturated heterocycles. The van der Waals surface area contributed by atoms with E-state index in [0.717, 1.165) is 5.56 Å². The molecule has 0 heterocycles. The predicted molar refractivity (Wildman–Crippen MR) is 81.0 cm³/mol. The molecule has 21 heavy (non-hydrogen) atoms. The summed E-state index contributed by atoms with van der Waals surface area (Å²) in [6.07, 6.45) is 1.53. The number of carbonyl (C=O) groups is 1. The molecule has 0 aliphatic carbocycles. The average Bonchev–Trinajstić information content (AvgIpc) is 2.55. The van der Waals surface area contributed by atoms with Crippen LogP contribution in [0.3, 0.4) is 0 Å². The van der Waals surface area contributed by atoms with E-state index in [-0.39, 0.29) is 5.91 Å². The summed E-state index contributed by atoms with van der Waals surface area (Å²) in [5, 5.41) is 3.94. The van der Waals surface area contributed by atoms with Gasteiger partial charge in [-0.25, -0.2) is 5.43 Å². The van der Waals surface area contributed by atoms with Crippen molar-refractivity contribution in [3.63, 3.8) is 0 Å². The van der Waals surface area contributed by atoms with Crippen molar-refractivity contribution in [1.82, 2.24) is 5.43 Å². The Hall–Kier alpha value is -2.82. The van der Waals surface area contributed by atoms with Crippen molar-refractivity contribution in [1.29, 1.82) is 0 Å². The van der Waals surface area contributed by atoms with Crippen molar-refractivity contribution >= 4 is 12.1 Å². The van der Waals surface area contributed by atoms with E-state index < -0.39 is 0 Å². The molecule has 0 unspecified atom stereocenters. The van der Waals surface area contributed by atoms with E-state index in [4.69, 9.17) is 9.47 Å². The van der Waals surface area contributed by atoms with Crippen LogP contribution in [0.15, 0.2) is 53.6 Å². The Kier molecular flexibility index (Phi) is 4.93. The summed E-state index contributed by atoms with van der Waals surface area (Å²) in [6.45, 7) is 0. The average molecular weight is 284 g/mol. The fraction of sp³-hybridized carbons (Fsp3) is 0.125. The zero-order chi connectivity index (χ0) is 15.1. The van der Waals surface area contributed by atoms with Crippen molar-refractivity contribution in [3.8, 4) is 11.5 Å². The number of ether oxygens (including phenoxy) is 2. The maximum Gasteiger partial charge on any atom is 0.271 e. The highest BCUT2D eigenvalue weighted by Gasteiger charge is 2.04. The predicted octanol–water partition coefficient (Wildman–Crippen LogP) is 2.47. The summed E-state index contributed by atoms with van der Waals surface area (Å²) in [6, 6.07) is 14.2. The topological polar surface area (TPSA) is 59.9 Å². The minimum atomic E-state index is -0.265. The molecule has 5 nitrogen and oxygen atoms in total.